The molecule has 0 aliphatic rings. The van der Waals surface area contributed by atoms with Gasteiger partial charge in [-0.05, 0) is 46.5 Å². The molecule has 0 aliphatic heterocycles. The molecule has 2 aromatic rings. The van der Waals surface area contributed by atoms with Gasteiger partial charge in [-0.1, -0.05) is 42.5 Å². The van der Waals surface area contributed by atoms with Crippen molar-refractivity contribution in [1.29, 1.82) is 0 Å². The number of rotatable bonds is 8. The Morgan fingerprint density at radius 2 is 1.72 bits per heavy atom. The molecule has 1 amide bonds. The number of para-hydroxylation sites is 1. The Hall–Kier alpha value is -1.86. The minimum Gasteiger partial charge on any atom is -0.355 e. The van der Waals surface area contributed by atoms with Crippen LogP contribution in [0.5, 0.6) is 0 Å². The predicted molar refractivity (Wildman–Crippen MR) is 104 cm³/mol. The maximum Gasteiger partial charge on any atom is 0.240 e. The molecule has 2 aromatic carbocycles. The van der Waals surface area contributed by atoms with Crippen LogP contribution in [0.15, 0.2) is 59.1 Å². The summed E-state index contributed by atoms with van der Waals surface area (Å²) in [5, 5.41) is 2.78. The highest BCUT2D eigenvalue weighted by Gasteiger charge is 2.22. The molecule has 7 heteroatoms. The van der Waals surface area contributed by atoms with Crippen molar-refractivity contribution in [3.8, 4) is 0 Å². The van der Waals surface area contributed by atoms with Crippen molar-refractivity contribution in [1.82, 2.24) is 5.32 Å². The fraction of sp³-hybridized carbons (Fsp3) is 0.278. The standard InChI is InChI=1S/C18H21BrN2O3S/c1-25(23,24)21(17-12-6-5-11-16(17)19)14-18(22)20-13-7-10-15-8-3-2-4-9-15/h2-6,8-9,11-12H,7,10,13-14H2,1H3,(H,20,22). The molecule has 0 saturated carbocycles. The van der Waals surface area contributed by atoms with Gasteiger partial charge in [0, 0.05) is 11.0 Å². The first-order valence-electron chi connectivity index (χ1n) is 7.91. The molecule has 2 rings (SSSR count). The van der Waals surface area contributed by atoms with E-state index in [9.17, 15) is 13.2 Å². The van der Waals surface area contributed by atoms with Gasteiger partial charge < -0.3 is 5.32 Å². The van der Waals surface area contributed by atoms with Crippen LogP contribution in [0.2, 0.25) is 0 Å². The van der Waals surface area contributed by atoms with Crippen molar-refractivity contribution in [2.75, 3.05) is 23.7 Å². The van der Waals surface area contributed by atoms with Gasteiger partial charge in [0.15, 0.2) is 0 Å². The molecule has 0 aliphatic carbocycles. The minimum absolute atomic E-state index is 0.243. The first kappa shape index (κ1) is 19.5. The summed E-state index contributed by atoms with van der Waals surface area (Å²) in [5.41, 5.74) is 1.66. The lowest BCUT2D eigenvalue weighted by Crippen LogP contribution is -2.40. The van der Waals surface area contributed by atoms with Crippen LogP contribution in [-0.2, 0) is 21.2 Å². The number of nitrogens with zero attached hydrogens (tertiary/aromatic N) is 1. The maximum atomic E-state index is 12.2. The molecular formula is C18H21BrN2O3S. The van der Waals surface area contributed by atoms with Gasteiger partial charge in [-0.15, -0.1) is 0 Å². The molecule has 0 saturated heterocycles. The zero-order valence-corrected chi connectivity index (χ0v) is 16.4. The number of carbonyl (C=O) groups excluding carboxylic acids is 1. The van der Waals surface area contributed by atoms with Crippen molar-refractivity contribution in [2.24, 2.45) is 0 Å². The van der Waals surface area contributed by atoms with Gasteiger partial charge in [-0.3, -0.25) is 9.10 Å². The Labute approximate surface area is 157 Å². The topological polar surface area (TPSA) is 66.5 Å². The van der Waals surface area contributed by atoms with E-state index < -0.39 is 10.0 Å². The zero-order chi connectivity index (χ0) is 18.3. The van der Waals surface area contributed by atoms with E-state index in [0.717, 1.165) is 23.4 Å². The van der Waals surface area contributed by atoms with Gasteiger partial charge in [0.05, 0.1) is 11.9 Å². The highest BCUT2D eigenvalue weighted by Crippen LogP contribution is 2.27. The quantitative estimate of drug-likeness (QED) is 0.662. The van der Waals surface area contributed by atoms with Crippen LogP contribution in [0, 0.1) is 0 Å². The Kier molecular flexibility index (Phi) is 7.01. The molecule has 0 aromatic heterocycles. The third kappa shape index (κ3) is 6.17. The van der Waals surface area contributed by atoms with Gasteiger partial charge in [0.2, 0.25) is 15.9 Å². The number of hydrogen-bond donors (Lipinski definition) is 1. The summed E-state index contributed by atoms with van der Waals surface area (Å²) in [4.78, 5) is 12.2. The summed E-state index contributed by atoms with van der Waals surface area (Å²) in [6, 6.07) is 16.9. The number of benzene rings is 2. The van der Waals surface area contributed by atoms with Crippen molar-refractivity contribution in [3.05, 3.63) is 64.6 Å². The summed E-state index contributed by atoms with van der Waals surface area (Å²) >= 11 is 3.33. The maximum absolute atomic E-state index is 12.2. The number of anilines is 1. The number of nitrogens with one attached hydrogen (secondary N) is 1. The average Bonchev–Trinajstić information content (AvgIpc) is 2.57. The van der Waals surface area contributed by atoms with E-state index in [4.69, 9.17) is 0 Å². The lowest BCUT2D eigenvalue weighted by molar-refractivity contribution is -0.119. The third-order valence-electron chi connectivity index (χ3n) is 3.62. The Bertz CT molecular complexity index is 810. The number of sulfonamides is 1. The van der Waals surface area contributed by atoms with Crippen molar-refractivity contribution in [2.45, 2.75) is 12.8 Å². The van der Waals surface area contributed by atoms with Crippen LogP contribution in [0.1, 0.15) is 12.0 Å². The van der Waals surface area contributed by atoms with E-state index in [1.807, 2.05) is 30.3 Å². The lowest BCUT2D eigenvalue weighted by Gasteiger charge is -2.23. The molecule has 0 atom stereocenters. The summed E-state index contributed by atoms with van der Waals surface area (Å²) in [6.07, 6.45) is 2.75. The summed E-state index contributed by atoms with van der Waals surface area (Å²) in [7, 11) is -3.57. The van der Waals surface area contributed by atoms with E-state index >= 15 is 0 Å². The molecule has 0 radical (unpaired) electrons. The molecular weight excluding hydrogens is 404 g/mol. The second-order valence-electron chi connectivity index (χ2n) is 5.66. The molecule has 0 heterocycles. The fourth-order valence-corrected chi connectivity index (χ4v) is 3.87. The smallest absolute Gasteiger partial charge is 0.240 e. The van der Waals surface area contributed by atoms with E-state index in [2.05, 4.69) is 21.2 Å². The van der Waals surface area contributed by atoms with Gasteiger partial charge in [-0.25, -0.2) is 8.42 Å². The summed E-state index contributed by atoms with van der Waals surface area (Å²) in [5.74, 6) is -0.325. The largest absolute Gasteiger partial charge is 0.355 e. The van der Waals surface area contributed by atoms with Crippen LogP contribution in [0.3, 0.4) is 0 Å². The van der Waals surface area contributed by atoms with Crippen molar-refractivity contribution in [3.63, 3.8) is 0 Å². The Balaban J connectivity index is 1.91. The van der Waals surface area contributed by atoms with Gasteiger partial charge in [0.25, 0.3) is 0 Å². The van der Waals surface area contributed by atoms with Gasteiger partial charge >= 0.3 is 0 Å². The number of amides is 1. The number of carbonyl (C=O) groups is 1. The normalized spacial score (nSPS) is 11.1. The number of aryl methyl sites for hydroxylation is 1. The second-order valence-corrected chi connectivity index (χ2v) is 8.42. The number of hydrogen-bond acceptors (Lipinski definition) is 3. The van der Waals surface area contributed by atoms with Gasteiger partial charge in [-0.2, -0.15) is 0 Å². The fourth-order valence-electron chi connectivity index (χ4n) is 2.39. The van der Waals surface area contributed by atoms with Crippen LogP contribution < -0.4 is 9.62 Å². The first-order valence-corrected chi connectivity index (χ1v) is 10.5. The van der Waals surface area contributed by atoms with Crippen molar-refractivity contribution < 1.29 is 13.2 Å². The lowest BCUT2D eigenvalue weighted by atomic mass is 10.1. The third-order valence-corrected chi connectivity index (χ3v) is 5.41. The minimum atomic E-state index is -3.57. The molecule has 0 bridgehead atoms. The highest BCUT2D eigenvalue weighted by molar-refractivity contribution is 9.10. The number of halogens is 1. The van der Waals surface area contributed by atoms with Crippen LogP contribution in [0.4, 0.5) is 5.69 Å². The molecule has 134 valence electrons. The predicted octanol–water partition coefficient (Wildman–Crippen LogP) is 2.96. The summed E-state index contributed by atoms with van der Waals surface area (Å²) < 4.78 is 25.8. The molecule has 0 fully saturated rings. The zero-order valence-electron chi connectivity index (χ0n) is 14.0. The van der Waals surface area contributed by atoms with Crippen molar-refractivity contribution >= 4 is 37.5 Å². The molecule has 25 heavy (non-hydrogen) atoms. The van der Waals surface area contributed by atoms with Gasteiger partial charge in [0.1, 0.15) is 6.54 Å². The highest BCUT2D eigenvalue weighted by atomic mass is 79.9. The van der Waals surface area contributed by atoms with E-state index in [1.165, 1.54) is 5.56 Å². The molecule has 5 nitrogen and oxygen atoms in total. The molecule has 0 spiro atoms. The molecule has 0 unspecified atom stereocenters. The Morgan fingerprint density at radius 1 is 1.08 bits per heavy atom. The monoisotopic (exact) mass is 424 g/mol. The first-order chi connectivity index (χ1) is 11.9. The molecule has 1 N–H and O–H groups in total. The van der Waals surface area contributed by atoms with E-state index in [-0.39, 0.29) is 12.5 Å². The average molecular weight is 425 g/mol. The van der Waals surface area contributed by atoms with E-state index in [1.54, 1.807) is 24.3 Å². The van der Waals surface area contributed by atoms with E-state index in [0.29, 0.717) is 16.7 Å². The Morgan fingerprint density at radius 3 is 2.36 bits per heavy atom. The van der Waals surface area contributed by atoms with Crippen LogP contribution in [0.25, 0.3) is 0 Å². The van der Waals surface area contributed by atoms with Crippen LogP contribution >= 0.6 is 15.9 Å². The SMILES string of the molecule is CS(=O)(=O)N(CC(=O)NCCCc1ccccc1)c1ccccc1Br. The summed E-state index contributed by atoms with van der Waals surface area (Å²) in [6.45, 7) is 0.258. The second kappa shape index (κ2) is 9.01. The van der Waals surface area contributed by atoms with Crippen LogP contribution in [-0.4, -0.2) is 33.7 Å².